The minimum atomic E-state index is -0.381. The third-order valence-corrected chi connectivity index (χ3v) is 5.47. The molecule has 1 fully saturated rings. The zero-order valence-electron chi connectivity index (χ0n) is 14.0. The molecule has 0 radical (unpaired) electrons. The Labute approximate surface area is 163 Å². The number of halogens is 1. The summed E-state index contributed by atoms with van der Waals surface area (Å²) in [4.78, 5) is 23.8. The Hall–Kier alpha value is -1.87. The Balaban J connectivity index is 1.42. The van der Waals surface area contributed by atoms with Crippen LogP contribution in [0.2, 0.25) is 0 Å². The van der Waals surface area contributed by atoms with E-state index in [1.165, 1.54) is 19.3 Å². The first-order valence-electron chi connectivity index (χ1n) is 8.43. The number of benzene rings is 1. The molecule has 2 aromatic rings. The largest absolute Gasteiger partial charge is 0.416 e. The van der Waals surface area contributed by atoms with E-state index >= 15 is 0 Å². The molecule has 7 nitrogen and oxygen atoms in total. The lowest BCUT2D eigenvalue weighted by atomic mass is 9.89. The molecule has 2 amide bonds. The number of hydrazine groups is 1. The van der Waals surface area contributed by atoms with Gasteiger partial charge in [0, 0.05) is 16.0 Å². The molecule has 1 aromatic carbocycles. The standard InChI is InChI=1S/C17H19BrN4O3S/c18-13-8-6-11(7-9-13)15(24)20-19-14(23)10-26-17-22-21-16(25-17)12-4-2-1-3-5-12/h6-9,12H,1-5,10H2,(H,19,23)(H,20,24). The van der Waals surface area contributed by atoms with Crippen LogP contribution in [-0.2, 0) is 4.79 Å². The number of aromatic nitrogens is 2. The van der Waals surface area contributed by atoms with E-state index in [9.17, 15) is 9.59 Å². The predicted molar refractivity (Wildman–Crippen MR) is 101 cm³/mol. The number of nitrogens with one attached hydrogen (secondary N) is 2. The summed E-state index contributed by atoms with van der Waals surface area (Å²) in [5, 5.41) is 8.46. The highest BCUT2D eigenvalue weighted by atomic mass is 79.9. The van der Waals surface area contributed by atoms with Gasteiger partial charge in [-0.05, 0) is 37.1 Å². The van der Waals surface area contributed by atoms with Crippen molar-refractivity contribution in [2.75, 3.05) is 5.75 Å². The summed E-state index contributed by atoms with van der Waals surface area (Å²) in [6.45, 7) is 0. The second kappa shape index (κ2) is 9.18. The molecule has 0 atom stereocenters. The first-order valence-corrected chi connectivity index (χ1v) is 10.2. The molecule has 26 heavy (non-hydrogen) atoms. The van der Waals surface area contributed by atoms with Gasteiger partial charge in [0.1, 0.15) is 0 Å². The lowest BCUT2D eigenvalue weighted by Crippen LogP contribution is -2.42. The van der Waals surface area contributed by atoms with Crippen LogP contribution in [0.15, 0.2) is 38.4 Å². The van der Waals surface area contributed by atoms with Gasteiger partial charge in [-0.1, -0.05) is 47.0 Å². The van der Waals surface area contributed by atoms with Crippen LogP contribution in [0.3, 0.4) is 0 Å². The smallest absolute Gasteiger partial charge is 0.277 e. The van der Waals surface area contributed by atoms with Gasteiger partial charge < -0.3 is 4.42 Å². The summed E-state index contributed by atoms with van der Waals surface area (Å²) in [5.74, 6) is 0.347. The van der Waals surface area contributed by atoms with E-state index in [2.05, 4.69) is 37.0 Å². The van der Waals surface area contributed by atoms with E-state index in [4.69, 9.17) is 4.42 Å². The van der Waals surface area contributed by atoms with Crippen molar-refractivity contribution >= 4 is 39.5 Å². The second-order valence-electron chi connectivity index (χ2n) is 6.04. The van der Waals surface area contributed by atoms with Crippen molar-refractivity contribution in [1.82, 2.24) is 21.0 Å². The van der Waals surface area contributed by atoms with E-state index in [0.717, 1.165) is 29.1 Å². The van der Waals surface area contributed by atoms with Crippen molar-refractivity contribution in [2.24, 2.45) is 0 Å². The fourth-order valence-corrected chi connectivity index (χ4v) is 3.59. The fourth-order valence-electron chi connectivity index (χ4n) is 2.76. The SMILES string of the molecule is O=C(CSc1nnc(C2CCCCC2)o1)NNC(=O)c1ccc(Br)cc1. The zero-order chi connectivity index (χ0) is 18.4. The van der Waals surface area contributed by atoms with Gasteiger partial charge >= 0.3 is 0 Å². The van der Waals surface area contributed by atoms with Crippen LogP contribution in [0.1, 0.15) is 54.3 Å². The quantitative estimate of drug-likeness (QED) is 0.547. The number of hydrogen-bond donors (Lipinski definition) is 2. The van der Waals surface area contributed by atoms with Crippen molar-refractivity contribution in [3.05, 3.63) is 40.2 Å². The van der Waals surface area contributed by atoms with Gasteiger partial charge in [0.05, 0.1) is 5.75 Å². The molecule has 2 N–H and O–H groups in total. The molecule has 1 heterocycles. The average Bonchev–Trinajstić information content (AvgIpc) is 3.15. The summed E-state index contributed by atoms with van der Waals surface area (Å²) in [7, 11) is 0. The van der Waals surface area contributed by atoms with Gasteiger partial charge in [-0.2, -0.15) is 0 Å². The maximum atomic E-state index is 11.9. The summed E-state index contributed by atoms with van der Waals surface area (Å²) in [5.41, 5.74) is 5.21. The van der Waals surface area contributed by atoms with Gasteiger partial charge in [-0.15, -0.1) is 10.2 Å². The number of carbonyl (C=O) groups is 2. The second-order valence-corrected chi connectivity index (χ2v) is 7.88. The molecule has 0 bridgehead atoms. The number of hydrogen-bond acceptors (Lipinski definition) is 6. The topological polar surface area (TPSA) is 97.1 Å². The van der Waals surface area contributed by atoms with Crippen molar-refractivity contribution < 1.29 is 14.0 Å². The third kappa shape index (κ3) is 5.31. The average molecular weight is 439 g/mol. The Kier molecular flexibility index (Phi) is 6.67. The zero-order valence-corrected chi connectivity index (χ0v) is 16.4. The number of thioether (sulfide) groups is 1. The Morgan fingerprint density at radius 3 is 2.58 bits per heavy atom. The molecular formula is C17H19BrN4O3S. The van der Waals surface area contributed by atoms with Crippen molar-refractivity contribution in [2.45, 2.75) is 43.2 Å². The summed E-state index contributed by atoms with van der Waals surface area (Å²) < 4.78 is 6.53. The van der Waals surface area contributed by atoms with E-state index in [1.54, 1.807) is 24.3 Å². The molecule has 9 heteroatoms. The molecule has 0 unspecified atom stereocenters. The molecule has 1 aliphatic rings. The van der Waals surface area contributed by atoms with Crippen LogP contribution in [0.4, 0.5) is 0 Å². The van der Waals surface area contributed by atoms with E-state index < -0.39 is 0 Å². The lowest BCUT2D eigenvalue weighted by Gasteiger charge is -2.17. The molecule has 0 aliphatic heterocycles. The van der Waals surface area contributed by atoms with Gasteiger partial charge in [-0.25, -0.2) is 0 Å². The molecular weight excluding hydrogens is 420 g/mol. The summed E-state index contributed by atoms with van der Waals surface area (Å²) >= 11 is 4.46. The molecule has 1 saturated carbocycles. The molecule has 0 spiro atoms. The van der Waals surface area contributed by atoms with E-state index in [-0.39, 0.29) is 17.6 Å². The fraction of sp³-hybridized carbons (Fsp3) is 0.412. The van der Waals surface area contributed by atoms with Gasteiger partial charge in [0.25, 0.3) is 11.1 Å². The number of carbonyl (C=O) groups excluding carboxylic acids is 2. The predicted octanol–water partition coefficient (Wildman–Crippen LogP) is 3.43. The van der Waals surface area contributed by atoms with Crippen LogP contribution >= 0.6 is 27.7 Å². The molecule has 3 rings (SSSR count). The molecule has 1 aliphatic carbocycles. The minimum absolute atomic E-state index is 0.0763. The minimum Gasteiger partial charge on any atom is -0.416 e. The van der Waals surface area contributed by atoms with Gasteiger partial charge in [0.2, 0.25) is 11.8 Å². The van der Waals surface area contributed by atoms with Crippen LogP contribution in [-0.4, -0.2) is 27.8 Å². The Bertz CT molecular complexity index is 760. The number of amides is 2. The van der Waals surface area contributed by atoms with Crippen LogP contribution in [0.5, 0.6) is 0 Å². The monoisotopic (exact) mass is 438 g/mol. The van der Waals surface area contributed by atoms with E-state index in [0.29, 0.717) is 22.6 Å². The maximum Gasteiger partial charge on any atom is 0.277 e. The molecule has 0 saturated heterocycles. The highest BCUT2D eigenvalue weighted by Crippen LogP contribution is 2.32. The van der Waals surface area contributed by atoms with Gasteiger partial charge in [0.15, 0.2) is 0 Å². The van der Waals surface area contributed by atoms with Crippen molar-refractivity contribution in [1.29, 1.82) is 0 Å². The Morgan fingerprint density at radius 1 is 1.12 bits per heavy atom. The van der Waals surface area contributed by atoms with Crippen LogP contribution < -0.4 is 10.9 Å². The van der Waals surface area contributed by atoms with Crippen LogP contribution in [0.25, 0.3) is 0 Å². The Morgan fingerprint density at radius 2 is 1.85 bits per heavy atom. The first-order chi connectivity index (χ1) is 12.6. The van der Waals surface area contributed by atoms with Crippen molar-refractivity contribution in [3.8, 4) is 0 Å². The molecule has 1 aromatic heterocycles. The van der Waals surface area contributed by atoms with Crippen molar-refractivity contribution in [3.63, 3.8) is 0 Å². The third-order valence-electron chi connectivity index (χ3n) is 4.13. The highest BCUT2D eigenvalue weighted by Gasteiger charge is 2.21. The normalized spacial score (nSPS) is 14.8. The highest BCUT2D eigenvalue weighted by molar-refractivity contribution is 9.10. The first kappa shape index (κ1) is 18.9. The molecule has 138 valence electrons. The number of nitrogens with zero attached hydrogens (tertiary/aromatic N) is 2. The lowest BCUT2D eigenvalue weighted by molar-refractivity contribution is -0.119. The van der Waals surface area contributed by atoms with Gasteiger partial charge in [-0.3, -0.25) is 20.4 Å². The van der Waals surface area contributed by atoms with E-state index in [1.807, 2.05) is 0 Å². The van der Waals surface area contributed by atoms with Crippen LogP contribution in [0, 0.1) is 0 Å². The number of rotatable bonds is 5. The summed E-state index contributed by atoms with van der Waals surface area (Å²) in [6, 6.07) is 6.83. The summed E-state index contributed by atoms with van der Waals surface area (Å²) in [6.07, 6.45) is 5.80. The maximum absolute atomic E-state index is 11.9.